The van der Waals surface area contributed by atoms with E-state index in [9.17, 15) is 18.0 Å². The van der Waals surface area contributed by atoms with E-state index in [0.717, 1.165) is 44.6 Å². The Labute approximate surface area is 144 Å². The van der Waals surface area contributed by atoms with E-state index in [0.29, 0.717) is 24.2 Å². The zero-order valence-corrected chi connectivity index (χ0v) is 13.8. The van der Waals surface area contributed by atoms with Crippen LogP contribution in [0.15, 0.2) is 18.3 Å². The van der Waals surface area contributed by atoms with Crippen LogP contribution in [0.3, 0.4) is 0 Å². The van der Waals surface area contributed by atoms with Crippen LogP contribution in [0.2, 0.25) is 0 Å². The molecule has 4 nitrogen and oxygen atoms in total. The van der Waals surface area contributed by atoms with Gasteiger partial charge in [-0.2, -0.15) is 13.2 Å². The van der Waals surface area contributed by atoms with Crippen LogP contribution < -0.4 is 10.2 Å². The second-order valence-electron chi connectivity index (χ2n) is 6.78. The Morgan fingerprint density at radius 1 is 1.21 bits per heavy atom. The van der Waals surface area contributed by atoms with E-state index in [-0.39, 0.29) is 23.7 Å². The van der Waals surface area contributed by atoms with Crippen LogP contribution in [0.25, 0.3) is 0 Å². The summed E-state index contributed by atoms with van der Waals surface area (Å²) in [6.45, 7) is 2.26. The number of piperidine rings is 1. The Hall–Kier alpha value is -1.34. The largest absolute Gasteiger partial charge is 0.417 e. The topological polar surface area (TPSA) is 45.2 Å². The van der Waals surface area contributed by atoms with Gasteiger partial charge in [-0.1, -0.05) is 0 Å². The summed E-state index contributed by atoms with van der Waals surface area (Å²) < 4.78 is 37.9. The molecule has 2 atom stereocenters. The van der Waals surface area contributed by atoms with E-state index in [2.05, 4.69) is 10.3 Å². The molecule has 0 radical (unpaired) electrons. The van der Waals surface area contributed by atoms with Crippen molar-refractivity contribution in [1.29, 1.82) is 0 Å². The summed E-state index contributed by atoms with van der Waals surface area (Å²) in [5.41, 5.74) is -1.11. The van der Waals surface area contributed by atoms with Crippen LogP contribution in [-0.2, 0) is 11.0 Å². The lowest BCUT2D eigenvalue weighted by Gasteiger charge is -2.39. The minimum absolute atomic E-state index is 0. The molecule has 1 saturated carbocycles. The standard InChI is InChI=1S/C16H18F3N3O.ClH/c17-16(18,19)12-3-4-13(21-9-12)22-6-5-15(14(22)23)10-1-2-11(15)8-20-7-10;/h3-4,9-11,20H,1-2,5-8H2;1H. The van der Waals surface area contributed by atoms with Crippen LogP contribution in [0, 0.1) is 17.3 Å². The number of carbonyl (C=O) groups excluding carboxylic acids is 1. The number of rotatable bonds is 1. The SMILES string of the molecule is Cl.O=C1N(c2ccc(C(F)(F)F)cn2)CCC12C1CCC2CNC1. The van der Waals surface area contributed by atoms with Crippen molar-refractivity contribution in [2.45, 2.75) is 25.4 Å². The third-order valence-corrected chi connectivity index (χ3v) is 5.85. The molecule has 1 aromatic heterocycles. The fraction of sp³-hybridized carbons (Fsp3) is 0.625. The molecule has 2 aliphatic heterocycles. The number of carbonyl (C=O) groups is 1. The lowest BCUT2D eigenvalue weighted by molar-refractivity contribution is -0.137. The molecule has 8 heteroatoms. The fourth-order valence-corrected chi connectivity index (χ4v) is 4.70. The summed E-state index contributed by atoms with van der Waals surface area (Å²) in [6, 6.07) is 2.31. The highest BCUT2D eigenvalue weighted by Gasteiger charge is 2.61. The van der Waals surface area contributed by atoms with Gasteiger partial charge in [-0.25, -0.2) is 4.98 Å². The number of halogens is 4. The maximum absolute atomic E-state index is 13.1. The molecule has 2 unspecified atom stereocenters. The number of hydrogen-bond donors (Lipinski definition) is 1. The van der Waals surface area contributed by atoms with Gasteiger partial charge < -0.3 is 5.32 Å². The van der Waals surface area contributed by atoms with Crippen molar-refractivity contribution >= 4 is 24.1 Å². The number of anilines is 1. The third-order valence-electron chi connectivity index (χ3n) is 5.85. The molecule has 1 N–H and O–H groups in total. The van der Waals surface area contributed by atoms with Crippen LogP contribution >= 0.6 is 12.4 Å². The smallest absolute Gasteiger partial charge is 0.316 e. The zero-order valence-electron chi connectivity index (χ0n) is 13.0. The van der Waals surface area contributed by atoms with Gasteiger partial charge in [0.2, 0.25) is 5.91 Å². The van der Waals surface area contributed by atoms with Gasteiger partial charge in [-0.05, 0) is 56.3 Å². The molecule has 1 aromatic rings. The molecule has 3 aliphatic rings. The summed E-state index contributed by atoms with van der Waals surface area (Å²) >= 11 is 0. The molecule has 2 saturated heterocycles. The van der Waals surface area contributed by atoms with Crippen LogP contribution in [-0.4, -0.2) is 30.5 Å². The summed E-state index contributed by atoms with van der Waals surface area (Å²) in [4.78, 5) is 18.5. The maximum Gasteiger partial charge on any atom is 0.417 e. The number of amides is 1. The number of nitrogens with one attached hydrogen (secondary N) is 1. The molecule has 1 aliphatic carbocycles. The van der Waals surface area contributed by atoms with Crippen LogP contribution in [0.4, 0.5) is 19.0 Å². The molecule has 0 aromatic carbocycles. The molecule has 132 valence electrons. The van der Waals surface area contributed by atoms with Gasteiger partial charge >= 0.3 is 6.18 Å². The monoisotopic (exact) mass is 361 g/mol. The number of aromatic nitrogens is 1. The number of pyridine rings is 1. The molecule has 1 amide bonds. The molecular formula is C16H19ClF3N3O. The normalized spacial score (nSPS) is 32.3. The number of hydrogen-bond acceptors (Lipinski definition) is 3. The molecular weight excluding hydrogens is 343 g/mol. The average Bonchev–Trinajstić information content (AvgIpc) is 2.91. The second-order valence-corrected chi connectivity index (χ2v) is 6.78. The second kappa shape index (κ2) is 5.88. The Kier molecular flexibility index (Phi) is 4.28. The molecule has 4 rings (SSSR count). The maximum atomic E-state index is 13.1. The number of alkyl halides is 3. The van der Waals surface area contributed by atoms with Crippen molar-refractivity contribution < 1.29 is 18.0 Å². The van der Waals surface area contributed by atoms with Crippen molar-refractivity contribution in [1.82, 2.24) is 10.3 Å². The number of nitrogens with zero attached hydrogens (tertiary/aromatic N) is 2. The first-order chi connectivity index (χ1) is 10.9. The third kappa shape index (κ3) is 2.40. The Bertz CT molecular complexity index is 618. The fourth-order valence-electron chi connectivity index (χ4n) is 4.70. The van der Waals surface area contributed by atoms with E-state index >= 15 is 0 Å². The average molecular weight is 362 g/mol. The quantitative estimate of drug-likeness (QED) is 0.836. The lowest BCUT2D eigenvalue weighted by atomic mass is 9.68. The van der Waals surface area contributed by atoms with Crippen molar-refractivity contribution in [3.05, 3.63) is 23.9 Å². The predicted molar refractivity (Wildman–Crippen MR) is 85.0 cm³/mol. The Morgan fingerprint density at radius 3 is 2.42 bits per heavy atom. The molecule has 1 spiro atoms. The van der Waals surface area contributed by atoms with E-state index in [1.807, 2.05) is 0 Å². The summed E-state index contributed by atoms with van der Waals surface area (Å²) in [7, 11) is 0. The summed E-state index contributed by atoms with van der Waals surface area (Å²) in [6.07, 6.45) is -0.707. The first-order valence-electron chi connectivity index (χ1n) is 7.99. The van der Waals surface area contributed by atoms with Gasteiger partial charge in [0.05, 0.1) is 11.0 Å². The van der Waals surface area contributed by atoms with Crippen molar-refractivity contribution in [3.8, 4) is 0 Å². The zero-order chi connectivity index (χ0) is 16.2. The van der Waals surface area contributed by atoms with Crippen molar-refractivity contribution in [2.75, 3.05) is 24.5 Å². The first-order valence-corrected chi connectivity index (χ1v) is 7.99. The first kappa shape index (κ1) is 17.5. The minimum atomic E-state index is -4.41. The Balaban J connectivity index is 0.00000169. The molecule has 2 bridgehead atoms. The van der Waals surface area contributed by atoms with Gasteiger partial charge in [0.25, 0.3) is 0 Å². The Morgan fingerprint density at radius 2 is 1.88 bits per heavy atom. The lowest BCUT2D eigenvalue weighted by Crippen LogP contribution is -2.51. The van der Waals surface area contributed by atoms with Gasteiger partial charge in [-0.3, -0.25) is 9.69 Å². The summed E-state index contributed by atoms with van der Waals surface area (Å²) in [5, 5.41) is 3.39. The minimum Gasteiger partial charge on any atom is -0.316 e. The van der Waals surface area contributed by atoms with Gasteiger partial charge in [-0.15, -0.1) is 12.4 Å². The van der Waals surface area contributed by atoms with Gasteiger partial charge in [0.15, 0.2) is 0 Å². The van der Waals surface area contributed by atoms with E-state index < -0.39 is 11.7 Å². The highest BCUT2D eigenvalue weighted by Crippen LogP contribution is 2.55. The van der Waals surface area contributed by atoms with E-state index in [4.69, 9.17) is 0 Å². The van der Waals surface area contributed by atoms with Gasteiger partial charge in [0.1, 0.15) is 5.82 Å². The summed E-state index contributed by atoms with van der Waals surface area (Å²) in [5.74, 6) is 1.07. The van der Waals surface area contributed by atoms with Crippen LogP contribution in [0.1, 0.15) is 24.8 Å². The molecule has 3 heterocycles. The molecule has 24 heavy (non-hydrogen) atoms. The predicted octanol–water partition coefficient (Wildman–Crippen LogP) is 2.87. The van der Waals surface area contributed by atoms with E-state index in [1.165, 1.54) is 6.07 Å². The van der Waals surface area contributed by atoms with E-state index in [1.54, 1.807) is 4.90 Å². The molecule has 3 fully saturated rings. The highest BCUT2D eigenvalue weighted by molar-refractivity contribution is 6.00. The van der Waals surface area contributed by atoms with Gasteiger partial charge in [0, 0.05) is 12.7 Å². The van der Waals surface area contributed by atoms with Crippen LogP contribution in [0.5, 0.6) is 0 Å². The highest BCUT2D eigenvalue weighted by atomic mass is 35.5. The van der Waals surface area contributed by atoms with Crippen molar-refractivity contribution in [3.63, 3.8) is 0 Å². The van der Waals surface area contributed by atoms with Crippen molar-refractivity contribution in [2.24, 2.45) is 17.3 Å².